The monoisotopic (exact) mass is 333 g/mol. The Morgan fingerprint density at radius 2 is 2.17 bits per heavy atom. The van der Waals surface area contributed by atoms with Crippen molar-refractivity contribution in [3.05, 3.63) is 29.8 Å². The van der Waals surface area contributed by atoms with Crippen molar-refractivity contribution in [2.75, 3.05) is 13.1 Å². The number of nitrogens with zero attached hydrogens (tertiary/aromatic N) is 1. The van der Waals surface area contributed by atoms with Crippen molar-refractivity contribution >= 4 is 11.9 Å². The van der Waals surface area contributed by atoms with Crippen LogP contribution in [0.25, 0.3) is 0 Å². The Labute approximate surface area is 143 Å². The number of carbonyl (C=O) groups is 2. The molecule has 1 aromatic rings. The Kier molecular flexibility index (Phi) is 6.64. The van der Waals surface area contributed by atoms with Crippen LogP contribution in [0.3, 0.4) is 0 Å². The number of benzene rings is 1. The van der Waals surface area contributed by atoms with Gasteiger partial charge in [0.25, 0.3) is 0 Å². The first-order valence-electron chi connectivity index (χ1n) is 8.69. The number of hydrogen-bond acceptors (Lipinski definition) is 3. The van der Waals surface area contributed by atoms with Gasteiger partial charge in [0.15, 0.2) is 0 Å². The molecule has 1 heterocycles. The number of likely N-dealkylation sites (tertiary alicyclic amines) is 1. The minimum atomic E-state index is -0.764. The second-order valence-corrected chi connectivity index (χ2v) is 6.77. The molecule has 0 radical (unpaired) electrons. The smallest absolute Gasteiger partial charge is 0.303 e. The van der Waals surface area contributed by atoms with Crippen molar-refractivity contribution in [1.29, 1.82) is 0 Å². The number of rotatable bonds is 7. The minimum Gasteiger partial charge on any atom is -0.491 e. The lowest BCUT2D eigenvalue weighted by Crippen LogP contribution is -2.40. The van der Waals surface area contributed by atoms with Gasteiger partial charge < -0.3 is 14.7 Å². The lowest BCUT2D eigenvalue weighted by molar-refractivity contribution is -0.137. The van der Waals surface area contributed by atoms with Crippen LogP contribution in [0.1, 0.15) is 45.1 Å². The van der Waals surface area contributed by atoms with Gasteiger partial charge in [0.05, 0.1) is 12.5 Å². The summed E-state index contributed by atoms with van der Waals surface area (Å²) in [5, 5.41) is 8.81. The fourth-order valence-corrected chi connectivity index (χ4v) is 3.14. The molecule has 1 aliphatic heterocycles. The molecule has 1 N–H and O–H groups in total. The van der Waals surface area contributed by atoms with Crippen molar-refractivity contribution in [1.82, 2.24) is 4.90 Å². The summed E-state index contributed by atoms with van der Waals surface area (Å²) >= 11 is 0. The van der Waals surface area contributed by atoms with Crippen LogP contribution >= 0.6 is 0 Å². The Morgan fingerprint density at radius 3 is 2.88 bits per heavy atom. The van der Waals surface area contributed by atoms with Gasteiger partial charge in [-0.05, 0) is 56.7 Å². The standard InChI is InChI=1S/C19H27NO4/c1-14(2)24-17-7-3-5-16(11-17)12-18(21)20-10-4-6-15(13-20)8-9-19(22)23/h3,5,7,11,14-15H,4,6,8-10,12-13H2,1-2H3,(H,22,23). The first-order chi connectivity index (χ1) is 11.4. The maximum atomic E-state index is 12.6. The Bertz CT molecular complexity index is 570. The average Bonchev–Trinajstić information content (AvgIpc) is 2.53. The molecule has 0 aliphatic carbocycles. The van der Waals surface area contributed by atoms with Crippen molar-refractivity contribution in [2.45, 2.75) is 52.1 Å². The normalized spacial score (nSPS) is 17.8. The second-order valence-electron chi connectivity index (χ2n) is 6.77. The fourth-order valence-electron chi connectivity index (χ4n) is 3.14. The molecule has 1 fully saturated rings. The second kappa shape index (κ2) is 8.71. The quantitative estimate of drug-likeness (QED) is 0.832. The largest absolute Gasteiger partial charge is 0.491 e. The van der Waals surface area contributed by atoms with E-state index in [0.717, 1.165) is 30.7 Å². The van der Waals surface area contributed by atoms with Crippen LogP contribution in [-0.2, 0) is 16.0 Å². The van der Waals surface area contributed by atoms with Crippen molar-refractivity contribution in [3.63, 3.8) is 0 Å². The Hall–Kier alpha value is -2.04. The summed E-state index contributed by atoms with van der Waals surface area (Å²) in [6.45, 7) is 5.39. The minimum absolute atomic E-state index is 0.105. The lowest BCUT2D eigenvalue weighted by atomic mass is 9.93. The van der Waals surface area contributed by atoms with Gasteiger partial charge in [-0.2, -0.15) is 0 Å². The summed E-state index contributed by atoms with van der Waals surface area (Å²) in [6, 6.07) is 7.67. The van der Waals surface area contributed by atoms with E-state index in [0.29, 0.717) is 25.3 Å². The van der Waals surface area contributed by atoms with E-state index in [-0.39, 0.29) is 18.4 Å². The Balaban J connectivity index is 1.90. The average molecular weight is 333 g/mol. The summed E-state index contributed by atoms with van der Waals surface area (Å²) in [5.41, 5.74) is 0.950. The van der Waals surface area contributed by atoms with E-state index in [1.54, 1.807) is 0 Å². The molecule has 2 rings (SSSR count). The fraction of sp³-hybridized carbons (Fsp3) is 0.579. The molecule has 1 atom stereocenters. The van der Waals surface area contributed by atoms with Gasteiger partial charge in [-0.15, -0.1) is 0 Å². The molecule has 1 unspecified atom stereocenters. The number of amides is 1. The summed E-state index contributed by atoms with van der Waals surface area (Å²) in [5.74, 6) is 0.430. The van der Waals surface area contributed by atoms with E-state index >= 15 is 0 Å². The van der Waals surface area contributed by atoms with Crippen LogP contribution in [0.2, 0.25) is 0 Å². The number of aliphatic carboxylic acids is 1. The molecular weight excluding hydrogens is 306 g/mol. The highest BCUT2D eigenvalue weighted by molar-refractivity contribution is 5.79. The highest BCUT2D eigenvalue weighted by atomic mass is 16.5. The molecule has 5 nitrogen and oxygen atoms in total. The molecule has 1 saturated heterocycles. The van der Waals surface area contributed by atoms with E-state index in [1.807, 2.05) is 43.0 Å². The molecule has 132 valence electrons. The number of carbonyl (C=O) groups excluding carboxylic acids is 1. The molecule has 5 heteroatoms. The lowest BCUT2D eigenvalue weighted by Gasteiger charge is -2.32. The number of piperidine rings is 1. The van der Waals surface area contributed by atoms with Crippen LogP contribution < -0.4 is 4.74 Å². The molecule has 1 amide bonds. The van der Waals surface area contributed by atoms with Crippen molar-refractivity contribution in [2.24, 2.45) is 5.92 Å². The predicted molar refractivity (Wildman–Crippen MR) is 92.1 cm³/mol. The maximum Gasteiger partial charge on any atom is 0.303 e. The van der Waals surface area contributed by atoms with Gasteiger partial charge in [0.2, 0.25) is 5.91 Å². The topological polar surface area (TPSA) is 66.8 Å². The number of carboxylic acids is 1. The summed E-state index contributed by atoms with van der Waals surface area (Å²) < 4.78 is 5.67. The van der Waals surface area contributed by atoms with Crippen LogP contribution in [0, 0.1) is 5.92 Å². The van der Waals surface area contributed by atoms with E-state index < -0.39 is 5.97 Å². The summed E-state index contributed by atoms with van der Waals surface area (Å²) in [7, 11) is 0. The highest BCUT2D eigenvalue weighted by Gasteiger charge is 2.24. The first kappa shape index (κ1) is 18.3. The zero-order valence-corrected chi connectivity index (χ0v) is 14.5. The molecule has 24 heavy (non-hydrogen) atoms. The highest BCUT2D eigenvalue weighted by Crippen LogP contribution is 2.22. The third-order valence-corrected chi connectivity index (χ3v) is 4.26. The number of ether oxygens (including phenoxy) is 1. The van der Waals surface area contributed by atoms with Gasteiger partial charge in [-0.25, -0.2) is 0 Å². The van der Waals surface area contributed by atoms with E-state index in [9.17, 15) is 9.59 Å². The van der Waals surface area contributed by atoms with Gasteiger partial charge in [-0.3, -0.25) is 9.59 Å². The van der Waals surface area contributed by atoms with Crippen molar-refractivity contribution < 1.29 is 19.4 Å². The molecule has 1 aromatic carbocycles. The summed E-state index contributed by atoms with van der Waals surface area (Å²) in [6.07, 6.45) is 3.26. The van der Waals surface area contributed by atoms with Crippen LogP contribution in [0.5, 0.6) is 5.75 Å². The molecule has 0 spiro atoms. The third-order valence-electron chi connectivity index (χ3n) is 4.26. The maximum absolute atomic E-state index is 12.6. The molecule has 0 saturated carbocycles. The van der Waals surface area contributed by atoms with Gasteiger partial charge in [0, 0.05) is 19.5 Å². The van der Waals surface area contributed by atoms with Crippen LogP contribution in [-0.4, -0.2) is 41.1 Å². The van der Waals surface area contributed by atoms with Crippen LogP contribution in [0.15, 0.2) is 24.3 Å². The van der Waals surface area contributed by atoms with Gasteiger partial charge in [0.1, 0.15) is 5.75 Å². The third kappa shape index (κ3) is 5.87. The SMILES string of the molecule is CC(C)Oc1cccc(CC(=O)N2CCCC(CCC(=O)O)C2)c1. The zero-order chi connectivity index (χ0) is 17.5. The predicted octanol–water partition coefficient (Wildman–Crippen LogP) is 3.12. The zero-order valence-electron chi connectivity index (χ0n) is 14.5. The Morgan fingerprint density at radius 1 is 1.38 bits per heavy atom. The van der Waals surface area contributed by atoms with Crippen molar-refractivity contribution in [3.8, 4) is 5.75 Å². The van der Waals surface area contributed by atoms with E-state index in [4.69, 9.17) is 9.84 Å². The molecule has 0 aromatic heterocycles. The summed E-state index contributed by atoms with van der Waals surface area (Å²) in [4.78, 5) is 25.1. The molecule has 0 bridgehead atoms. The van der Waals surface area contributed by atoms with E-state index in [1.165, 1.54) is 0 Å². The van der Waals surface area contributed by atoms with Gasteiger partial charge >= 0.3 is 5.97 Å². The molecular formula is C19H27NO4. The number of carboxylic acid groups (broad SMARTS) is 1. The van der Waals surface area contributed by atoms with E-state index in [2.05, 4.69) is 0 Å². The first-order valence-corrected chi connectivity index (χ1v) is 8.69. The number of hydrogen-bond donors (Lipinski definition) is 1. The van der Waals surface area contributed by atoms with Crippen LogP contribution in [0.4, 0.5) is 0 Å². The molecule has 1 aliphatic rings. The van der Waals surface area contributed by atoms with Gasteiger partial charge in [-0.1, -0.05) is 12.1 Å².